The van der Waals surface area contributed by atoms with Gasteiger partial charge in [-0.2, -0.15) is 0 Å². The third kappa shape index (κ3) is 5.72. The van der Waals surface area contributed by atoms with Crippen LogP contribution < -0.4 is 10.1 Å². The van der Waals surface area contributed by atoms with Crippen LogP contribution in [-0.2, 0) is 4.79 Å². The highest BCUT2D eigenvalue weighted by molar-refractivity contribution is 5.87. The highest BCUT2D eigenvalue weighted by Gasteiger charge is 2.01. The average Bonchev–Trinajstić information content (AvgIpc) is 2.42. The van der Waals surface area contributed by atoms with E-state index >= 15 is 0 Å². The second kappa shape index (κ2) is 7.92. The summed E-state index contributed by atoms with van der Waals surface area (Å²) < 4.78 is 5.45. The molecule has 2 N–H and O–H groups in total. The van der Waals surface area contributed by atoms with Crippen LogP contribution in [0.5, 0.6) is 5.75 Å². The Labute approximate surface area is 111 Å². The number of hydrogen-bond donors (Lipinski definition) is 2. The lowest BCUT2D eigenvalue weighted by Crippen LogP contribution is -2.22. The minimum atomic E-state index is -0.954. The molecule has 5 nitrogen and oxygen atoms in total. The molecule has 1 aromatic rings. The van der Waals surface area contributed by atoms with Crippen molar-refractivity contribution in [3.8, 4) is 5.75 Å². The van der Waals surface area contributed by atoms with Crippen LogP contribution in [0.3, 0.4) is 0 Å². The molecule has 0 radical (unpaired) electrons. The van der Waals surface area contributed by atoms with Gasteiger partial charge in [0, 0.05) is 6.54 Å². The molecule has 0 fully saturated rings. The quantitative estimate of drug-likeness (QED) is 0.554. The molecule has 102 valence electrons. The van der Waals surface area contributed by atoms with Crippen LogP contribution >= 0.6 is 0 Å². The van der Waals surface area contributed by atoms with Crippen LogP contribution in [0.1, 0.15) is 23.2 Å². The standard InChI is InChI=1S/C14H17NO4/c1-2-13(16)15-9-3-4-10-19-12-7-5-11(6-8-12)14(17)18/h2,5-8H,1,3-4,9-10H2,(H,15,16)(H,17,18). The summed E-state index contributed by atoms with van der Waals surface area (Å²) in [4.78, 5) is 21.5. The molecule has 0 unspecified atom stereocenters. The predicted molar refractivity (Wildman–Crippen MR) is 71.3 cm³/mol. The molecule has 0 aliphatic heterocycles. The topological polar surface area (TPSA) is 75.6 Å². The minimum Gasteiger partial charge on any atom is -0.494 e. The molecule has 0 bridgehead atoms. The molecular weight excluding hydrogens is 246 g/mol. The van der Waals surface area contributed by atoms with Crippen molar-refractivity contribution in [3.63, 3.8) is 0 Å². The Hall–Kier alpha value is -2.30. The van der Waals surface area contributed by atoms with Gasteiger partial charge in [-0.25, -0.2) is 4.79 Å². The number of unbranched alkanes of at least 4 members (excludes halogenated alkanes) is 1. The van der Waals surface area contributed by atoms with Gasteiger partial charge in [-0.1, -0.05) is 6.58 Å². The van der Waals surface area contributed by atoms with Crippen LogP contribution in [-0.4, -0.2) is 30.1 Å². The Bertz CT molecular complexity index is 439. The van der Waals surface area contributed by atoms with E-state index in [4.69, 9.17) is 9.84 Å². The number of ether oxygens (including phenoxy) is 1. The fraction of sp³-hybridized carbons (Fsp3) is 0.286. The molecule has 1 amide bonds. The van der Waals surface area contributed by atoms with Gasteiger partial charge < -0.3 is 15.2 Å². The van der Waals surface area contributed by atoms with Gasteiger partial charge in [0.15, 0.2) is 0 Å². The van der Waals surface area contributed by atoms with E-state index in [0.717, 1.165) is 12.8 Å². The Balaban J connectivity index is 2.17. The van der Waals surface area contributed by atoms with E-state index in [-0.39, 0.29) is 11.5 Å². The number of benzene rings is 1. The van der Waals surface area contributed by atoms with Gasteiger partial charge >= 0.3 is 5.97 Å². The molecule has 0 atom stereocenters. The van der Waals surface area contributed by atoms with Crippen molar-refractivity contribution in [1.29, 1.82) is 0 Å². The maximum absolute atomic E-state index is 10.8. The number of nitrogens with one attached hydrogen (secondary N) is 1. The third-order valence-electron chi connectivity index (χ3n) is 2.43. The van der Waals surface area contributed by atoms with Gasteiger partial charge in [0.2, 0.25) is 5.91 Å². The molecule has 5 heteroatoms. The predicted octanol–water partition coefficient (Wildman–Crippen LogP) is 1.85. The highest BCUT2D eigenvalue weighted by Crippen LogP contribution is 2.12. The second-order valence-corrected chi connectivity index (χ2v) is 3.88. The van der Waals surface area contributed by atoms with Crippen molar-refractivity contribution in [2.24, 2.45) is 0 Å². The monoisotopic (exact) mass is 263 g/mol. The first-order valence-corrected chi connectivity index (χ1v) is 6.00. The van der Waals surface area contributed by atoms with Crippen LogP contribution in [0, 0.1) is 0 Å². The van der Waals surface area contributed by atoms with Crippen molar-refractivity contribution < 1.29 is 19.4 Å². The van der Waals surface area contributed by atoms with Gasteiger partial charge in [-0.15, -0.1) is 0 Å². The molecule has 0 aromatic heterocycles. The zero-order valence-corrected chi connectivity index (χ0v) is 10.6. The van der Waals surface area contributed by atoms with E-state index < -0.39 is 5.97 Å². The molecule has 0 spiro atoms. The third-order valence-corrected chi connectivity index (χ3v) is 2.43. The zero-order chi connectivity index (χ0) is 14.1. The van der Waals surface area contributed by atoms with Crippen molar-refractivity contribution in [3.05, 3.63) is 42.5 Å². The maximum Gasteiger partial charge on any atom is 0.335 e. The number of carbonyl (C=O) groups excluding carboxylic acids is 1. The van der Waals surface area contributed by atoms with Crippen molar-refractivity contribution >= 4 is 11.9 Å². The first kappa shape index (κ1) is 14.8. The fourth-order valence-electron chi connectivity index (χ4n) is 1.39. The van der Waals surface area contributed by atoms with Gasteiger partial charge in [0.25, 0.3) is 0 Å². The van der Waals surface area contributed by atoms with Crippen LogP contribution in [0.4, 0.5) is 0 Å². The lowest BCUT2D eigenvalue weighted by atomic mass is 10.2. The first-order valence-electron chi connectivity index (χ1n) is 6.00. The molecule has 0 saturated carbocycles. The summed E-state index contributed by atoms with van der Waals surface area (Å²) in [6.45, 7) is 4.47. The van der Waals surface area contributed by atoms with Crippen LogP contribution in [0.25, 0.3) is 0 Å². The lowest BCUT2D eigenvalue weighted by molar-refractivity contribution is -0.116. The van der Waals surface area contributed by atoms with Gasteiger partial charge in [-0.05, 0) is 43.2 Å². The molecule has 1 rings (SSSR count). The minimum absolute atomic E-state index is 0.176. The summed E-state index contributed by atoms with van der Waals surface area (Å²) in [5.74, 6) is -0.491. The van der Waals surface area contributed by atoms with E-state index in [9.17, 15) is 9.59 Å². The van der Waals surface area contributed by atoms with Crippen LogP contribution in [0.2, 0.25) is 0 Å². The second-order valence-electron chi connectivity index (χ2n) is 3.88. The summed E-state index contributed by atoms with van der Waals surface area (Å²) in [6, 6.07) is 6.26. The van der Waals surface area contributed by atoms with Crippen molar-refractivity contribution in [2.75, 3.05) is 13.2 Å². The molecule has 0 saturated heterocycles. The first-order chi connectivity index (χ1) is 9.13. The molecular formula is C14H17NO4. The SMILES string of the molecule is C=CC(=O)NCCCCOc1ccc(C(=O)O)cc1. The smallest absolute Gasteiger partial charge is 0.335 e. The molecule has 0 aliphatic rings. The summed E-state index contributed by atoms with van der Waals surface area (Å²) >= 11 is 0. The number of rotatable bonds is 8. The van der Waals surface area contributed by atoms with E-state index in [2.05, 4.69) is 11.9 Å². The van der Waals surface area contributed by atoms with E-state index in [1.807, 2.05) is 0 Å². The average molecular weight is 263 g/mol. The molecule has 19 heavy (non-hydrogen) atoms. The number of aromatic carboxylic acids is 1. The number of hydrogen-bond acceptors (Lipinski definition) is 3. The zero-order valence-electron chi connectivity index (χ0n) is 10.6. The van der Waals surface area contributed by atoms with Crippen molar-refractivity contribution in [2.45, 2.75) is 12.8 Å². The van der Waals surface area contributed by atoms with E-state index in [1.54, 1.807) is 12.1 Å². The Kier molecular flexibility index (Phi) is 6.15. The molecule has 1 aromatic carbocycles. The summed E-state index contributed by atoms with van der Waals surface area (Å²) in [6.07, 6.45) is 2.85. The normalized spacial score (nSPS) is 9.68. The molecule has 0 aliphatic carbocycles. The Morgan fingerprint density at radius 1 is 1.26 bits per heavy atom. The van der Waals surface area contributed by atoms with Crippen molar-refractivity contribution in [1.82, 2.24) is 5.32 Å². The summed E-state index contributed by atoms with van der Waals surface area (Å²) in [7, 11) is 0. The van der Waals surface area contributed by atoms with Gasteiger partial charge in [0.05, 0.1) is 12.2 Å². The maximum atomic E-state index is 10.8. The summed E-state index contributed by atoms with van der Waals surface area (Å²) in [5.41, 5.74) is 0.236. The van der Waals surface area contributed by atoms with Crippen LogP contribution in [0.15, 0.2) is 36.9 Å². The van der Waals surface area contributed by atoms with E-state index in [0.29, 0.717) is 18.9 Å². The van der Waals surface area contributed by atoms with Gasteiger partial charge in [-0.3, -0.25) is 4.79 Å². The number of carbonyl (C=O) groups is 2. The lowest BCUT2D eigenvalue weighted by Gasteiger charge is -2.06. The molecule has 0 heterocycles. The number of amides is 1. The Morgan fingerprint density at radius 2 is 1.95 bits per heavy atom. The largest absolute Gasteiger partial charge is 0.494 e. The highest BCUT2D eigenvalue weighted by atomic mass is 16.5. The summed E-state index contributed by atoms with van der Waals surface area (Å²) in [5, 5.41) is 11.4. The number of carboxylic acids is 1. The van der Waals surface area contributed by atoms with Gasteiger partial charge in [0.1, 0.15) is 5.75 Å². The Morgan fingerprint density at radius 3 is 2.53 bits per heavy atom. The van der Waals surface area contributed by atoms with E-state index in [1.165, 1.54) is 18.2 Å². The fourth-order valence-corrected chi connectivity index (χ4v) is 1.39. The number of carboxylic acid groups (broad SMARTS) is 1.